The minimum Gasteiger partial charge on any atom is -0.399 e. The molecule has 1 aliphatic rings. The summed E-state index contributed by atoms with van der Waals surface area (Å²) in [6.45, 7) is 4.00. The predicted molar refractivity (Wildman–Crippen MR) is 80.7 cm³/mol. The van der Waals surface area contributed by atoms with Crippen molar-refractivity contribution in [3.8, 4) is 0 Å². The Morgan fingerprint density at radius 3 is 2.65 bits per heavy atom. The molecule has 1 aliphatic heterocycles. The van der Waals surface area contributed by atoms with Gasteiger partial charge in [-0.15, -0.1) is 0 Å². The monoisotopic (exact) mass is 297 g/mol. The van der Waals surface area contributed by atoms with Gasteiger partial charge in [0.05, 0.1) is 11.1 Å². The van der Waals surface area contributed by atoms with Crippen LogP contribution in [0.2, 0.25) is 0 Å². The van der Waals surface area contributed by atoms with Crippen LogP contribution in [0.15, 0.2) is 29.2 Å². The zero-order chi connectivity index (χ0) is 14.6. The molecule has 1 heterocycles. The second-order valence-corrected chi connectivity index (χ2v) is 6.95. The quantitative estimate of drug-likeness (QED) is 0.812. The van der Waals surface area contributed by atoms with Crippen molar-refractivity contribution in [3.05, 3.63) is 24.3 Å². The molecule has 0 aromatic heterocycles. The Morgan fingerprint density at radius 2 is 2.00 bits per heavy atom. The molecule has 5 nitrogen and oxygen atoms in total. The van der Waals surface area contributed by atoms with Gasteiger partial charge >= 0.3 is 0 Å². The molecule has 1 fully saturated rings. The summed E-state index contributed by atoms with van der Waals surface area (Å²) in [4.78, 5) is 2.49. The lowest BCUT2D eigenvalue weighted by Gasteiger charge is -2.35. The average molecular weight is 297 g/mol. The molecule has 0 bridgehead atoms. The summed E-state index contributed by atoms with van der Waals surface area (Å²) in [5.41, 5.74) is 6.16. The molecule has 6 heteroatoms. The Hall–Kier alpha value is -1.11. The summed E-state index contributed by atoms with van der Waals surface area (Å²) in [7, 11) is -3.48. The predicted octanol–water partition coefficient (Wildman–Crippen LogP) is 1.77. The Labute approximate surface area is 121 Å². The van der Waals surface area contributed by atoms with Gasteiger partial charge in [-0.1, -0.05) is 6.92 Å². The zero-order valence-electron chi connectivity index (χ0n) is 11.9. The molecule has 0 aliphatic carbocycles. The Balaban J connectivity index is 2.12. The van der Waals surface area contributed by atoms with E-state index in [1.807, 2.05) is 0 Å². The molecular formula is C14H23N3O2S. The van der Waals surface area contributed by atoms with Gasteiger partial charge in [-0.25, -0.2) is 8.42 Å². The molecule has 2 rings (SSSR count). The maximum absolute atomic E-state index is 12.4. The van der Waals surface area contributed by atoms with E-state index in [1.54, 1.807) is 24.3 Å². The summed E-state index contributed by atoms with van der Waals surface area (Å²) in [5.74, 6) is 0. The first kappa shape index (κ1) is 15.3. The number of nitrogens with zero attached hydrogens (tertiary/aromatic N) is 1. The molecule has 0 radical (unpaired) electrons. The number of nitrogen functional groups attached to an aromatic ring is 1. The van der Waals surface area contributed by atoms with Gasteiger partial charge in [-0.3, -0.25) is 4.90 Å². The fourth-order valence-corrected chi connectivity index (χ4v) is 3.83. The van der Waals surface area contributed by atoms with Crippen molar-refractivity contribution in [1.82, 2.24) is 9.62 Å². The highest BCUT2D eigenvalue weighted by atomic mass is 32.2. The van der Waals surface area contributed by atoms with Gasteiger partial charge in [0.15, 0.2) is 0 Å². The van der Waals surface area contributed by atoms with Crippen LogP contribution in [0.3, 0.4) is 0 Å². The third-order valence-corrected chi connectivity index (χ3v) is 5.08. The van der Waals surface area contributed by atoms with Gasteiger partial charge in [0, 0.05) is 5.69 Å². The molecule has 1 unspecified atom stereocenters. The van der Waals surface area contributed by atoms with E-state index in [0.717, 1.165) is 38.8 Å². The zero-order valence-corrected chi connectivity index (χ0v) is 12.7. The molecule has 0 amide bonds. The highest BCUT2D eigenvalue weighted by molar-refractivity contribution is 7.89. The van der Waals surface area contributed by atoms with Crippen LogP contribution in [0.25, 0.3) is 0 Å². The Bertz CT molecular complexity index is 526. The van der Waals surface area contributed by atoms with Crippen LogP contribution in [-0.2, 0) is 10.0 Å². The van der Waals surface area contributed by atoms with Gasteiger partial charge < -0.3 is 5.73 Å². The minimum atomic E-state index is -3.48. The number of nitrogens with one attached hydrogen (secondary N) is 1. The molecule has 20 heavy (non-hydrogen) atoms. The molecule has 1 atom stereocenters. The van der Waals surface area contributed by atoms with E-state index in [1.165, 1.54) is 0 Å². The Kier molecular flexibility index (Phi) is 5.01. The maximum atomic E-state index is 12.4. The topological polar surface area (TPSA) is 75.4 Å². The molecule has 3 N–H and O–H groups in total. The number of hydrogen-bond donors (Lipinski definition) is 2. The number of anilines is 1. The minimum absolute atomic E-state index is 0.0914. The van der Waals surface area contributed by atoms with Crippen molar-refractivity contribution in [1.29, 1.82) is 0 Å². The van der Waals surface area contributed by atoms with Crippen LogP contribution < -0.4 is 10.5 Å². The normalized spacial score (nSPS) is 20.9. The van der Waals surface area contributed by atoms with Gasteiger partial charge in [-0.2, -0.15) is 4.72 Å². The number of hydrogen-bond acceptors (Lipinski definition) is 4. The van der Waals surface area contributed by atoms with E-state index >= 15 is 0 Å². The number of likely N-dealkylation sites (tertiary alicyclic amines) is 1. The first-order chi connectivity index (χ1) is 9.53. The first-order valence-corrected chi connectivity index (χ1v) is 8.63. The highest BCUT2D eigenvalue weighted by Crippen LogP contribution is 2.18. The Morgan fingerprint density at radius 1 is 1.30 bits per heavy atom. The van der Waals surface area contributed by atoms with E-state index < -0.39 is 10.0 Å². The van der Waals surface area contributed by atoms with E-state index in [9.17, 15) is 8.42 Å². The molecule has 1 saturated heterocycles. The lowest BCUT2D eigenvalue weighted by atomic mass is 10.1. The van der Waals surface area contributed by atoms with Crippen LogP contribution >= 0.6 is 0 Å². The standard InChI is InChI=1S/C14H23N3O2S/c1-2-10-17-11-4-3-5-14(17)16-20(18,19)13-8-6-12(15)7-9-13/h6-9,14,16H,2-5,10-11,15H2,1H3. The molecular weight excluding hydrogens is 274 g/mol. The number of nitrogens with two attached hydrogens (primary N) is 1. The largest absolute Gasteiger partial charge is 0.399 e. The first-order valence-electron chi connectivity index (χ1n) is 7.15. The van der Waals surface area contributed by atoms with E-state index in [0.29, 0.717) is 5.69 Å². The summed E-state index contributed by atoms with van der Waals surface area (Å²) in [5, 5.41) is 0. The highest BCUT2D eigenvalue weighted by Gasteiger charge is 2.26. The summed E-state index contributed by atoms with van der Waals surface area (Å²) >= 11 is 0. The van der Waals surface area contributed by atoms with Crippen LogP contribution in [-0.4, -0.2) is 32.6 Å². The third-order valence-electron chi connectivity index (χ3n) is 3.61. The lowest BCUT2D eigenvalue weighted by molar-refractivity contribution is 0.139. The van der Waals surface area contributed by atoms with Crippen molar-refractivity contribution in [3.63, 3.8) is 0 Å². The summed E-state index contributed by atoms with van der Waals surface area (Å²) in [6, 6.07) is 6.31. The number of piperidine rings is 1. The fraction of sp³-hybridized carbons (Fsp3) is 0.571. The average Bonchev–Trinajstić information content (AvgIpc) is 2.41. The van der Waals surface area contributed by atoms with Crippen LogP contribution in [0.4, 0.5) is 5.69 Å². The number of sulfonamides is 1. The second-order valence-electron chi connectivity index (χ2n) is 5.24. The number of rotatable bonds is 5. The SMILES string of the molecule is CCCN1CCCCC1NS(=O)(=O)c1ccc(N)cc1. The fourth-order valence-electron chi connectivity index (χ4n) is 2.57. The van der Waals surface area contributed by atoms with Gasteiger partial charge in [0.1, 0.15) is 0 Å². The van der Waals surface area contributed by atoms with Crippen LogP contribution in [0.5, 0.6) is 0 Å². The summed E-state index contributed by atoms with van der Waals surface area (Å²) < 4.78 is 27.6. The summed E-state index contributed by atoms with van der Waals surface area (Å²) in [6.07, 6.45) is 4.01. The molecule has 112 valence electrons. The van der Waals surface area contributed by atoms with Crippen molar-refractivity contribution >= 4 is 15.7 Å². The van der Waals surface area contributed by atoms with Crippen molar-refractivity contribution in [2.24, 2.45) is 0 Å². The van der Waals surface area contributed by atoms with Crippen molar-refractivity contribution in [2.75, 3.05) is 18.8 Å². The van der Waals surface area contributed by atoms with Crippen molar-refractivity contribution in [2.45, 2.75) is 43.7 Å². The van der Waals surface area contributed by atoms with E-state index in [2.05, 4.69) is 16.5 Å². The van der Waals surface area contributed by atoms with Gasteiger partial charge in [0.2, 0.25) is 10.0 Å². The van der Waals surface area contributed by atoms with Crippen molar-refractivity contribution < 1.29 is 8.42 Å². The molecule has 1 aromatic rings. The lowest BCUT2D eigenvalue weighted by Crippen LogP contribution is -2.50. The molecule has 1 aromatic carbocycles. The van der Waals surface area contributed by atoms with Crippen LogP contribution in [0, 0.1) is 0 Å². The van der Waals surface area contributed by atoms with Gasteiger partial charge in [-0.05, 0) is 63.0 Å². The van der Waals surface area contributed by atoms with E-state index in [-0.39, 0.29) is 11.1 Å². The van der Waals surface area contributed by atoms with E-state index in [4.69, 9.17) is 5.73 Å². The third kappa shape index (κ3) is 3.71. The van der Waals surface area contributed by atoms with Crippen LogP contribution in [0.1, 0.15) is 32.6 Å². The molecule has 0 spiro atoms. The molecule has 0 saturated carbocycles. The smallest absolute Gasteiger partial charge is 0.241 e. The number of benzene rings is 1. The second kappa shape index (κ2) is 6.56. The van der Waals surface area contributed by atoms with Gasteiger partial charge in [0.25, 0.3) is 0 Å². The maximum Gasteiger partial charge on any atom is 0.241 e.